The van der Waals surface area contributed by atoms with E-state index in [1.54, 1.807) is 19.2 Å². The van der Waals surface area contributed by atoms with Crippen molar-refractivity contribution in [1.29, 1.82) is 0 Å². The number of piperidine rings is 2. The van der Waals surface area contributed by atoms with Crippen LogP contribution in [0.3, 0.4) is 0 Å². The standard InChI is InChI=1S/C22H26N2O4/c1-27-18-8-6-16(7-9-18)14-21(25)24-11-2-4-17-15-23(12-10-19(17)24)22(26)20-5-3-13-28-20/h3,5-9,13,17,19H,2,4,10-12,14-15H2,1H3/t17-,19+/m1/s1. The van der Waals surface area contributed by atoms with E-state index in [-0.39, 0.29) is 17.9 Å². The molecule has 2 saturated heterocycles. The summed E-state index contributed by atoms with van der Waals surface area (Å²) in [6, 6.07) is 11.3. The lowest BCUT2D eigenvalue weighted by molar-refractivity contribution is -0.137. The smallest absolute Gasteiger partial charge is 0.289 e. The number of ether oxygens (including phenoxy) is 1. The van der Waals surface area contributed by atoms with Gasteiger partial charge in [0.05, 0.1) is 19.8 Å². The number of furan rings is 1. The van der Waals surface area contributed by atoms with E-state index in [2.05, 4.69) is 0 Å². The summed E-state index contributed by atoms with van der Waals surface area (Å²) in [6.07, 6.45) is 4.80. The van der Waals surface area contributed by atoms with Crippen molar-refractivity contribution in [3.05, 3.63) is 54.0 Å². The fourth-order valence-electron chi connectivity index (χ4n) is 4.47. The second-order valence-corrected chi connectivity index (χ2v) is 7.60. The fourth-order valence-corrected chi connectivity index (χ4v) is 4.47. The first kappa shape index (κ1) is 18.6. The summed E-state index contributed by atoms with van der Waals surface area (Å²) in [5, 5.41) is 0. The number of hydrogen-bond donors (Lipinski definition) is 0. The van der Waals surface area contributed by atoms with E-state index in [0.29, 0.717) is 31.2 Å². The van der Waals surface area contributed by atoms with Crippen molar-refractivity contribution in [2.24, 2.45) is 5.92 Å². The minimum absolute atomic E-state index is 0.0508. The molecule has 1 aromatic carbocycles. The summed E-state index contributed by atoms with van der Waals surface area (Å²) in [4.78, 5) is 29.5. The van der Waals surface area contributed by atoms with E-state index in [1.807, 2.05) is 34.1 Å². The van der Waals surface area contributed by atoms with Crippen molar-refractivity contribution in [3.63, 3.8) is 0 Å². The van der Waals surface area contributed by atoms with E-state index in [0.717, 1.165) is 37.1 Å². The van der Waals surface area contributed by atoms with Gasteiger partial charge < -0.3 is 19.0 Å². The first-order chi connectivity index (χ1) is 13.7. The maximum Gasteiger partial charge on any atom is 0.289 e. The molecule has 0 bridgehead atoms. The number of carbonyl (C=O) groups is 2. The van der Waals surface area contributed by atoms with Gasteiger partial charge in [-0.25, -0.2) is 0 Å². The molecule has 0 N–H and O–H groups in total. The van der Waals surface area contributed by atoms with Crippen LogP contribution in [0.4, 0.5) is 0 Å². The van der Waals surface area contributed by atoms with Crippen LogP contribution in [0.25, 0.3) is 0 Å². The van der Waals surface area contributed by atoms with Crippen LogP contribution in [-0.4, -0.2) is 54.4 Å². The van der Waals surface area contributed by atoms with Gasteiger partial charge in [0.15, 0.2) is 5.76 Å². The summed E-state index contributed by atoms with van der Waals surface area (Å²) >= 11 is 0. The highest BCUT2D eigenvalue weighted by atomic mass is 16.5. The highest BCUT2D eigenvalue weighted by Crippen LogP contribution is 2.32. The molecule has 4 rings (SSSR count). The number of amides is 2. The molecule has 2 aliphatic heterocycles. The fraction of sp³-hybridized carbons (Fsp3) is 0.455. The van der Waals surface area contributed by atoms with Crippen molar-refractivity contribution in [1.82, 2.24) is 9.80 Å². The molecule has 6 heteroatoms. The van der Waals surface area contributed by atoms with Gasteiger partial charge in [-0.3, -0.25) is 9.59 Å². The van der Waals surface area contributed by atoms with E-state index in [1.165, 1.54) is 6.26 Å². The van der Waals surface area contributed by atoms with E-state index >= 15 is 0 Å². The average Bonchev–Trinajstić information content (AvgIpc) is 3.27. The topological polar surface area (TPSA) is 63.0 Å². The largest absolute Gasteiger partial charge is 0.497 e. The van der Waals surface area contributed by atoms with Gasteiger partial charge in [-0.05, 0) is 55.0 Å². The number of benzene rings is 1. The van der Waals surface area contributed by atoms with Crippen molar-refractivity contribution in [3.8, 4) is 5.75 Å². The van der Waals surface area contributed by atoms with Crippen LogP contribution in [0.1, 0.15) is 35.4 Å². The second-order valence-electron chi connectivity index (χ2n) is 7.60. The molecule has 6 nitrogen and oxygen atoms in total. The number of carbonyl (C=O) groups excluding carboxylic acids is 2. The highest BCUT2D eigenvalue weighted by Gasteiger charge is 2.39. The normalized spacial score (nSPS) is 21.9. The van der Waals surface area contributed by atoms with Crippen LogP contribution in [0, 0.1) is 5.92 Å². The number of fused-ring (bicyclic) bond motifs is 1. The minimum Gasteiger partial charge on any atom is -0.497 e. The number of rotatable bonds is 4. The lowest BCUT2D eigenvalue weighted by Crippen LogP contribution is -2.56. The first-order valence-electron chi connectivity index (χ1n) is 9.91. The Bertz CT molecular complexity index is 816. The first-order valence-corrected chi connectivity index (χ1v) is 9.91. The van der Waals surface area contributed by atoms with Gasteiger partial charge in [0.2, 0.25) is 5.91 Å². The minimum atomic E-state index is -0.0508. The third kappa shape index (κ3) is 3.77. The van der Waals surface area contributed by atoms with E-state index < -0.39 is 0 Å². The van der Waals surface area contributed by atoms with Crippen LogP contribution in [0.5, 0.6) is 5.75 Å². The Hall–Kier alpha value is -2.76. The van der Waals surface area contributed by atoms with E-state index in [4.69, 9.17) is 9.15 Å². The van der Waals surface area contributed by atoms with Crippen LogP contribution in [0.2, 0.25) is 0 Å². The van der Waals surface area contributed by atoms with Crippen molar-refractivity contribution in [2.45, 2.75) is 31.7 Å². The third-order valence-electron chi connectivity index (χ3n) is 5.92. The Balaban J connectivity index is 1.40. The molecule has 1 aromatic heterocycles. The van der Waals surface area contributed by atoms with Gasteiger partial charge in [0, 0.05) is 25.7 Å². The molecule has 2 fully saturated rings. The number of methoxy groups -OCH3 is 1. The Kier molecular flexibility index (Phi) is 5.37. The Morgan fingerprint density at radius 3 is 2.68 bits per heavy atom. The molecule has 28 heavy (non-hydrogen) atoms. The van der Waals surface area contributed by atoms with Gasteiger partial charge in [-0.1, -0.05) is 12.1 Å². The van der Waals surface area contributed by atoms with Gasteiger partial charge >= 0.3 is 0 Å². The SMILES string of the molecule is COc1ccc(CC(=O)N2CCC[C@@H]3CN(C(=O)c4ccco4)CC[C@@H]32)cc1. The maximum atomic E-state index is 13.0. The van der Waals surface area contributed by atoms with Crippen molar-refractivity contribution >= 4 is 11.8 Å². The van der Waals surface area contributed by atoms with Gasteiger partial charge in [0.1, 0.15) is 5.75 Å². The molecule has 0 aliphatic carbocycles. The van der Waals surface area contributed by atoms with Crippen LogP contribution >= 0.6 is 0 Å². The monoisotopic (exact) mass is 382 g/mol. The maximum absolute atomic E-state index is 13.0. The second kappa shape index (κ2) is 8.09. The summed E-state index contributed by atoms with van der Waals surface area (Å²) in [7, 11) is 1.64. The highest BCUT2D eigenvalue weighted by molar-refractivity contribution is 5.91. The zero-order valence-electron chi connectivity index (χ0n) is 16.2. The Morgan fingerprint density at radius 1 is 1.14 bits per heavy atom. The molecule has 0 spiro atoms. The third-order valence-corrected chi connectivity index (χ3v) is 5.92. The Morgan fingerprint density at radius 2 is 1.96 bits per heavy atom. The molecule has 2 aromatic rings. The molecule has 3 heterocycles. The van der Waals surface area contributed by atoms with Crippen molar-refractivity contribution < 1.29 is 18.7 Å². The lowest BCUT2D eigenvalue weighted by Gasteiger charge is -2.47. The lowest BCUT2D eigenvalue weighted by atomic mass is 9.83. The summed E-state index contributed by atoms with van der Waals surface area (Å²) < 4.78 is 10.4. The zero-order valence-corrected chi connectivity index (χ0v) is 16.2. The molecule has 0 radical (unpaired) electrons. The van der Waals surface area contributed by atoms with Gasteiger partial charge in [-0.2, -0.15) is 0 Å². The van der Waals surface area contributed by atoms with Gasteiger partial charge in [0.25, 0.3) is 5.91 Å². The summed E-state index contributed by atoms with van der Waals surface area (Å²) in [6.45, 7) is 2.16. The van der Waals surface area contributed by atoms with E-state index in [9.17, 15) is 9.59 Å². The molecular weight excluding hydrogens is 356 g/mol. The zero-order chi connectivity index (χ0) is 19.5. The van der Waals surface area contributed by atoms with Crippen molar-refractivity contribution in [2.75, 3.05) is 26.7 Å². The van der Waals surface area contributed by atoms with Gasteiger partial charge in [-0.15, -0.1) is 0 Å². The molecule has 2 amide bonds. The average molecular weight is 382 g/mol. The Labute approximate surface area is 165 Å². The predicted octanol–water partition coefficient (Wildman–Crippen LogP) is 2.98. The number of likely N-dealkylation sites (tertiary alicyclic amines) is 2. The molecular formula is C22H26N2O4. The molecule has 0 saturated carbocycles. The predicted molar refractivity (Wildman–Crippen MR) is 104 cm³/mol. The quantitative estimate of drug-likeness (QED) is 0.816. The van der Waals surface area contributed by atoms with Crippen LogP contribution in [0.15, 0.2) is 47.1 Å². The van der Waals surface area contributed by atoms with Crippen LogP contribution in [-0.2, 0) is 11.2 Å². The summed E-state index contributed by atoms with van der Waals surface area (Å²) in [5.74, 6) is 1.64. The number of nitrogens with zero attached hydrogens (tertiary/aromatic N) is 2. The molecule has 0 unspecified atom stereocenters. The molecule has 2 atom stereocenters. The molecule has 148 valence electrons. The van der Waals surface area contributed by atoms with Crippen LogP contribution < -0.4 is 4.74 Å². The molecule has 2 aliphatic rings. The number of hydrogen-bond acceptors (Lipinski definition) is 4. The summed E-state index contributed by atoms with van der Waals surface area (Å²) in [5.41, 5.74) is 0.998.